The summed E-state index contributed by atoms with van der Waals surface area (Å²) in [7, 11) is 1.51. The van der Waals surface area contributed by atoms with Gasteiger partial charge in [-0.3, -0.25) is 4.79 Å². The highest BCUT2D eigenvalue weighted by atomic mass is 16.5. The number of benzene rings is 3. The van der Waals surface area contributed by atoms with Gasteiger partial charge < -0.3 is 25.2 Å². The fourth-order valence-corrected chi connectivity index (χ4v) is 5.98. The Morgan fingerprint density at radius 2 is 1.61 bits per heavy atom. The van der Waals surface area contributed by atoms with Crippen LogP contribution in [0.25, 0.3) is 0 Å². The minimum absolute atomic E-state index is 0.00990. The number of carbonyl (C=O) groups is 1. The fourth-order valence-electron chi connectivity index (χ4n) is 5.98. The second kappa shape index (κ2) is 12.4. The largest absolute Gasteiger partial charge is 0.504 e. The number of phenolic OH excluding ortho intramolecular Hbond substituents is 3. The van der Waals surface area contributed by atoms with E-state index in [1.54, 1.807) is 18.2 Å². The molecule has 38 heavy (non-hydrogen) atoms. The van der Waals surface area contributed by atoms with Gasteiger partial charge in [-0.2, -0.15) is 0 Å². The van der Waals surface area contributed by atoms with Crippen molar-refractivity contribution < 1.29 is 30.0 Å². The quantitative estimate of drug-likeness (QED) is 0.215. The van der Waals surface area contributed by atoms with Gasteiger partial charge >= 0.3 is 0 Å². The van der Waals surface area contributed by atoms with Crippen molar-refractivity contribution in [1.82, 2.24) is 0 Å². The molecule has 0 bridgehead atoms. The first-order valence-electron chi connectivity index (χ1n) is 13.4. The molecule has 1 fully saturated rings. The van der Waals surface area contributed by atoms with Gasteiger partial charge in [-0.25, -0.2) is 0 Å². The average Bonchev–Trinajstić information content (AvgIpc) is 3.38. The maximum Gasteiger partial charge on any atom is 0.160 e. The summed E-state index contributed by atoms with van der Waals surface area (Å²) in [5.74, 6) is 0.0140. The fraction of sp³-hybridized carbons (Fsp3) is 0.406. The van der Waals surface area contributed by atoms with Gasteiger partial charge in [0.25, 0.3) is 0 Å². The van der Waals surface area contributed by atoms with Crippen LogP contribution in [-0.4, -0.2) is 39.4 Å². The lowest BCUT2D eigenvalue weighted by Gasteiger charge is -2.32. The minimum atomic E-state index is -0.805. The van der Waals surface area contributed by atoms with Crippen LogP contribution in [-0.2, 0) is 16.6 Å². The summed E-state index contributed by atoms with van der Waals surface area (Å²) in [6.45, 7) is 0. The highest BCUT2D eigenvalue weighted by molar-refractivity contribution is 5.79. The Labute approximate surface area is 224 Å². The van der Waals surface area contributed by atoms with Gasteiger partial charge in [0.1, 0.15) is 5.78 Å². The number of hydrogen-bond donors (Lipinski definition) is 4. The van der Waals surface area contributed by atoms with Gasteiger partial charge in [-0.15, -0.1) is 0 Å². The lowest BCUT2D eigenvalue weighted by Crippen LogP contribution is -2.29. The molecule has 0 heterocycles. The summed E-state index contributed by atoms with van der Waals surface area (Å²) >= 11 is 0. The predicted octanol–water partition coefficient (Wildman–Crippen LogP) is 6.14. The predicted molar refractivity (Wildman–Crippen MR) is 147 cm³/mol. The van der Waals surface area contributed by atoms with Crippen molar-refractivity contribution in [1.29, 1.82) is 0 Å². The topological polar surface area (TPSA) is 107 Å². The van der Waals surface area contributed by atoms with Gasteiger partial charge in [0.15, 0.2) is 23.0 Å². The summed E-state index contributed by atoms with van der Waals surface area (Å²) < 4.78 is 5.30. The van der Waals surface area contributed by atoms with Crippen LogP contribution in [0.3, 0.4) is 0 Å². The van der Waals surface area contributed by atoms with Gasteiger partial charge in [0.2, 0.25) is 0 Å². The van der Waals surface area contributed by atoms with Crippen molar-refractivity contribution in [2.45, 2.75) is 75.2 Å². The van der Waals surface area contributed by atoms with Gasteiger partial charge in [0, 0.05) is 12.8 Å². The number of ketones is 1. The molecule has 6 heteroatoms. The van der Waals surface area contributed by atoms with Crippen molar-refractivity contribution in [3.05, 3.63) is 83.4 Å². The van der Waals surface area contributed by atoms with Crippen molar-refractivity contribution >= 4 is 5.78 Å². The summed E-state index contributed by atoms with van der Waals surface area (Å²) in [5.41, 5.74) is 2.69. The van der Waals surface area contributed by atoms with Crippen LogP contribution in [0.15, 0.2) is 66.7 Å². The maximum absolute atomic E-state index is 13.3. The molecule has 4 rings (SSSR count). The van der Waals surface area contributed by atoms with E-state index in [9.17, 15) is 25.2 Å². The molecule has 2 atom stereocenters. The van der Waals surface area contributed by atoms with Crippen molar-refractivity contribution in [3.8, 4) is 23.0 Å². The van der Waals surface area contributed by atoms with E-state index in [0.717, 1.165) is 49.7 Å². The van der Waals surface area contributed by atoms with Crippen LogP contribution in [0.4, 0.5) is 0 Å². The lowest BCUT2D eigenvalue weighted by molar-refractivity contribution is -0.121. The smallest absolute Gasteiger partial charge is 0.160 e. The van der Waals surface area contributed by atoms with Gasteiger partial charge in [-0.1, -0.05) is 55.3 Å². The number of hydrogen-bond acceptors (Lipinski definition) is 6. The second-order valence-electron chi connectivity index (χ2n) is 10.6. The molecule has 2 unspecified atom stereocenters. The highest BCUT2D eigenvalue weighted by Crippen LogP contribution is 2.46. The van der Waals surface area contributed by atoms with Crippen molar-refractivity contribution in [3.63, 3.8) is 0 Å². The summed E-state index contributed by atoms with van der Waals surface area (Å²) in [6, 6.07) is 20.2. The van der Waals surface area contributed by atoms with Crippen molar-refractivity contribution in [2.75, 3.05) is 7.11 Å². The van der Waals surface area contributed by atoms with Crippen LogP contribution in [0.2, 0.25) is 0 Å². The van der Waals surface area contributed by atoms with Gasteiger partial charge in [-0.05, 0) is 84.4 Å². The Kier molecular flexibility index (Phi) is 8.95. The molecular weight excluding hydrogens is 480 g/mol. The molecule has 0 spiro atoms. The van der Waals surface area contributed by atoms with E-state index in [1.807, 2.05) is 30.3 Å². The average molecular weight is 519 g/mol. The number of rotatable bonds is 12. The maximum atomic E-state index is 13.3. The molecule has 4 N–H and O–H groups in total. The third kappa shape index (κ3) is 6.67. The molecule has 202 valence electrons. The summed E-state index contributed by atoms with van der Waals surface area (Å²) in [6.07, 6.45) is 5.30. The number of aliphatic hydroxyl groups is 1. The third-order valence-electron chi connectivity index (χ3n) is 8.01. The Morgan fingerprint density at radius 1 is 0.895 bits per heavy atom. The molecule has 1 aliphatic carbocycles. The van der Waals surface area contributed by atoms with E-state index in [4.69, 9.17) is 4.74 Å². The molecule has 6 nitrogen and oxygen atoms in total. The first-order valence-corrected chi connectivity index (χ1v) is 13.4. The molecule has 0 aliphatic heterocycles. The lowest BCUT2D eigenvalue weighted by atomic mass is 9.73. The van der Waals surface area contributed by atoms with E-state index in [2.05, 4.69) is 12.1 Å². The SMILES string of the molecule is COc1cc(C(CCc2ccccc2)CC(=O)CC(O)CC2(c3ccc(O)c(O)c3)CCCC2)ccc1O. The van der Waals surface area contributed by atoms with E-state index in [1.165, 1.54) is 18.7 Å². The van der Waals surface area contributed by atoms with Crippen LogP contribution < -0.4 is 4.74 Å². The second-order valence-corrected chi connectivity index (χ2v) is 10.6. The number of carbonyl (C=O) groups excluding carboxylic acids is 1. The molecular formula is C32H38O6. The number of aryl methyl sites for hydroxylation is 1. The minimum Gasteiger partial charge on any atom is -0.504 e. The zero-order valence-corrected chi connectivity index (χ0v) is 22.0. The molecule has 0 aromatic heterocycles. The zero-order chi connectivity index (χ0) is 27.1. The van der Waals surface area contributed by atoms with Crippen LogP contribution in [0.1, 0.15) is 74.0 Å². The monoisotopic (exact) mass is 518 g/mol. The summed E-state index contributed by atoms with van der Waals surface area (Å²) in [5, 5.41) is 40.9. The Morgan fingerprint density at radius 3 is 2.29 bits per heavy atom. The van der Waals surface area contributed by atoms with Crippen LogP contribution >= 0.6 is 0 Å². The Balaban J connectivity index is 1.46. The van der Waals surface area contributed by atoms with E-state index < -0.39 is 6.10 Å². The van der Waals surface area contributed by atoms with Crippen molar-refractivity contribution in [2.24, 2.45) is 0 Å². The Hall–Kier alpha value is -3.51. The Bertz CT molecular complexity index is 1220. The number of methoxy groups -OCH3 is 1. The summed E-state index contributed by atoms with van der Waals surface area (Å²) in [4.78, 5) is 13.3. The number of ether oxygens (including phenoxy) is 1. The molecule has 0 radical (unpaired) electrons. The molecule has 1 saturated carbocycles. The van der Waals surface area contributed by atoms with Gasteiger partial charge in [0.05, 0.1) is 13.2 Å². The molecule has 3 aromatic rings. The van der Waals surface area contributed by atoms with Crippen LogP contribution in [0.5, 0.6) is 23.0 Å². The third-order valence-corrected chi connectivity index (χ3v) is 8.01. The highest BCUT2D eigenvalue weighted by Gasteiger charge is 2.38. The molecule has 1 aliphatic rings. The van der Waals surface area contributed by atoms with E-state index >= 15 is 0 Å². The number of Topliss-reactive ketones (excluding diaryl/α,β-unsaturated/α-hetero) is 1. The van der Waals surface area contributed by atoms with E-state index in [0.29, 0.717) is 12.2 Å². The number of aromatic hydroxyl groups is 3. The first-order chi connectivity index (χ1) is 18.3. The normalized spacial score (nSPS) is 16.2. The molecule has 0 saturated heterocycles. The van der Waals surface area contributed by atoms with E-state index in [-0.39, 0.29) is 47.2 Å². The molecule has 0 amide bonds. The number of aliphatic hydroxyl groups excluding tert-OH is 1. The van der Waals surface area contributed by atoms with Crippen LogP contribution in [0, 0.1) is 0 Å². The molecule has 3 aromatic carbocycles. The standard InChI is InChI=1S/C32H38O6/c1-38-31-18-24(11-13-29(31)36)23(10-9-22-7-3-2-4-8-22)17-26(33)20-27(34)21-32(15-5-6-16-32)25-12-14-28(35)30(37)19-25/h2-4,7-8,11-14,18-19,23,27,34-37H,5-6,9-10,15-17,20-21H2,1H3. The zero-order valence-electron chi connectivity index (χ0n) is 22.0. The first kappa shape index (κ1) is 27.5. The number of phenols is 3.